The molecular weight excluding hydrogens is 298 g/mol. The van der Waals surface area contributed by atoms with Gasteiger partial charge in [0, 0.05) is 19.5 Å². The number of rotatable bonds is 7. The molecule has 0 saturated carbocycles. The first-order valence-corrected chi connectivity index (χ1v) is 7.45. The van der Waals surface area contributed by atoms with Gasteiger partial charge in [-0.05, 0) is 12.1 Å². The molecule has 0 bridgehead atoms. The summed E-state index contributed by atoms with van der Waals surface area (Å²) in [5.74, 6) is 5.18. The van der Waals surface area contributed by atoms with Crippen molar-refractivity contribution < 1.29 is 13.3 Å². The van der Waals surface area contributed by atoms with Crippen LogP contribution in [-0.4, -0.2) is 30.7 Å². The molecule has 10 heteroatoms. The van der Waals surface area contributed by atoms with Crippen LogP contribution in [0, 0.1) is 21.4 Å². The second kappa shape index (κ2) is 6.98. The number of anilines is 1. The van der Waals surface area contributed by atoms with Crippen molar-refractivity contribution in [3.8, 4) is 6.07 Å². The number of benzene rings is 1. The number of hydrogen-bond acceptors (Lipinski definition) is 7. The lowest BCUT2D eigenvalue weighted by molar-refractivity contribution is -0.386. The molecular formula is C11H15N5O4S. The van der Waals surface area contributed by atoms with Gasteiger partial charge in [0.2, 0.25) is 10.0 Å². The summed E-state index contributed by atoms with van der Waals surface area (Å²) in [6.45, 7) is 1.65. The van der Waals surface area contributed by atoms with Crippen molar-refractivity contribution in [2.45, 2.75) is 18.2 Å². The van der Waals surface area contributed by atoms with Gasteiger partial charge in [-0.2, -0.15) is 9.57 Å². The first kappa shape index (κ1) is 16.8. The summed E-state index contributed by atoms with van der Waals surface area (Å²) in [6, 6.07) is 5.65. The van der Waals surface area contributed by atoms with Crippen LogP contribution in [0.5, 0.6) is 0 Å². The van der Waals surface area contributed by atoms with Crippen LogP contribution in [0.4, 0.5) is 11.4 Å². The molecule has 0 amide bonds. The van der Waals surface area contributed by atoms with E-state index in [0.29, 0.717) is 0 Å². The fourth-order valence-electron chi connectivity index (χ4n) is 1.80. The van der Waals surface area contributed by atoms with Crippen molar-refractivity contribution in [1.82, 2.24) is 4.31 Å². The fourth-order valence-corrected chi connectivity index (χ4v) is 3.43. The Kier molecular flexibility index (Phi) is 5.60. The monoisotopic (exact) mass is 313 g/mol. The summed E-state index contributed by atoms with van der Waals surface area (Å²) in [5.41, 5.74) is 1.40. The summed E-state index contributed by atoms with van der Waals surface area (Å²) >= 11 is 0. The van der Waals surface area contributed by atoms with Gasteiger partial charge in [-0.25, -0.2) is 8.42 Å². The van der Waals surface area contributed by atoms with Gasteiger partial charge in [0.1, 0.15) is 5.69 Å². The zero-order chi connectivity index (χ0) is 16.0. The van der Waals surface area contributed by atoms with E-state index < -0.39 is 25.5 Å². The standard InChI is InChI=1S/C11H15N5O4S/c1-2-15(8-4-7-12)21(19,20)10-6-3-5-9(14-13)11(10)16(17)18/h3,5-6,14H,2,4,8,13H2,1H3. The Balaban J connectivity index is 3.44. The molecule has 1 aromatic carbocycles. The van der Waals surface area contributed by atoms with Gasteiger partial charge >= 0.3 is 5.69 Å². The van der Waals surface area contributed by atoms with Crippen LogP contribution >= 0.6 is 0 Å². The minimum atomic E-state index is -4.09. The third kappa shape index (κ3) is 3.46. The average Bonchev–Trinajstić information content (AvgIpc) is 2.46. The summed E-state index contributed by atoms with van der Waals surface area (Å²) in [6.07, 6.45) is -0.00427. The van der Waals surface area contributed by atoms with E-state index in [4.69, 9.17) is 11.1 Å². The Morgan fingerprint density at radius 3 is 2.67 bits per heavy atom. The predicted octanol–water partition coefficient (Wildman–Crippen LogP) is 0.805. The van der Waals surface area contributed by atoms with Crippen LogP contribution in [0.25, 0.3) is 0 Å². The zero-order valence-electron chi connectivity index (χ0n) is 11.3. The number of nitrogens with zero attached hydrogens (tertiary/aromatic N) is 3. The van der Waals surface area contributed by atoms with Gasteiger partial charge < -0.3 is 5.43 Å². The summed E-state index contributed by atoms with van der Waals surface area (Å²) in [7, 11) is -4.09. The largest absolute Gasteiger partial charge is 0.318 e. The molecule has 3 N–H and O–H groups in total. The number of nitrogens with two attached hydrogens (primary N) is 1. The highest BCUT2D eigenvalue weighted by molar-refractivity contribution is 7.89. The maximum atomic E-state index is 12.5. The molecule has 0 heterocycles. The SMILES string of the molecule is CCN(CCC#N)S(=O)(=O)c1cccc(NN)c1[N+](=O)[O-]. The molecule has 114 valence electrons. The minimum absolute atomic E-state index is 0.00427. The third-order valence-electron chi connectivity index (χ3n) is 2.78. The van der Waals surface area contributed by atoms with E-state index in [1.54, 1.807) is 6.92 Å². The van der Waals surface area contributed by atoms with Crippen LogP contribution in [-0.2, 0) is 10.0 Å². The number of para-hydroxylation sites is 1. The van der Waals surface area contributed by atoms with E-state index >= 15 is 0 Å². The Labute approximate surface area is 122 Å². The molecule has 1 aromatic rings. The number of hydrazine groups is 1. The smallest absolute Gasteiger partial charge is 0.313 e. The van der Waals surface area contributed by atoms with Gasteiger partial charge in [0.25, 0.3) is 0 Å². The molecule has 0 fully saturated rings. The van der Waals surface area contributed by atoms with Gasteiger partial charge in [-0.15, -0.1) is 0 Å². The topological polar surface area (TPSA) is 142 Å². The second-order valence-corrected chi connectivity index (χ2v) is 5.86. The lowest BCUT2D eigenvalue weighted by Crippen LogP contribution is -2.32. The van der Waals surface area contributed by atoms with E-state index in [0.717, 1.165) is 10.4 Å². The van der Waals surface area contributed by atoms with Crippen molar-refractivity contribution in [2.24, 2.45) is 5.84 Å². The predicted molar refractivity (Wildman–Crippen MR) is 75.6 cm³/mol. The van der Waals surface area contributed by atoms with E-state index in [9.17, 15) is 18.5 Å². The molecule has 0 aliphatic rings. The lowest BCUT2D eigenvalue weighted by atomic mass is 10.3. The van der Waals surface area contributed by atoms with Crippen molar-refractivity contribution in [3.05, 3.63) is 28.3 Å². The van der Waals surface area contributed by atoms with Crippen LogP contribution in [0.1, 0.15) is 13.3 Å². The maximum absolute atomic E-state index is 12.5. The Hall–Kier alpha value is -2.22. The molecule has 0 radical (unpaired) electrons. The number of nitro benzene ring substituents is 1. The van der Waals surface area contributed by atoms with Gasteiger partial charge in [-0.3, -0.25) is 16.0 Å². The quantitative estimate of drug-likeness (QED) is 0.430. The molecule has 9 nitrogen and oxygen atoms in total. The first-order valence-electron chi connectivity index (χ1n) is 6.01. The van der Waals surface area contributed by atoms with E-state index in [-0.39, 0.29) is 25.2 Å². The van der Waals surface area contributed by atoms with E-state index in [1.165, 1.54) is 12.1 Å². The molecule has 21 heavy (non-hydrogen) atoms. The number of hydrogen-bond donors (Lipinski definition) is 2. The van der Waals surface area contributed by atoms with Crippen molar-refractivity contribution in [3.63, 3.8) is 0 Å². The Morgan fingerprint density at radius 2 is 2.19 bits per heavy atom. The third-order valence-corrected chi connectivity index (χ3v) is 4.79. The number of nitrogen functional groups attached to an aromatic ring is 1. The minimum Gasteiger partial charge on any atom is -0.318 e. The number of sulfonamides is 1. The van der Waals surface area contributed by atoms with Gasteiger partial charge in [-0.1, -0.05) is 13.0 Å². The van der Waals surface area contributed by atoms with Gasteiger partial charge in [0.05, 0.1) is 11.0 Å². The number of nitriles is 1. The second-order valence-electron chi connectivity index (χ2n) is 3.96. The highest BCUT2D eigenvalue weighted by Crippen LogP contribution is 2.33. The number of nitrogens with one attached hydrogen (secondary N) is 1. The first-order chi connectivity index (χ1) is 9.89. The number of nitro groups is 1. The molecule has 0 spiro atoms. The lowest BCUT2D eigenvalue weighted by Gasteiger charge is -2.19. The van der Waals surface area contributed by atoms with E-state index in [1.807, 2.05) is 6.07 Å². The fraction of sp³-hybridized carbons (Fsp3) is 0.364. The summed E-state index contributed by atoms with van der Waals surface area (Å²) in [5, 5.41) is 19.7. The Bertz CT molecular complexity index is 668. The van der Waals surface area contributed by atoms with Gasteiger partial charge in [0.15, 0.2) is 4.90 Å². The molecule has 0 aromatic heterocycles. The molecule has 0 atom stereocenters. The van der Waals surface area contributed by atoms with Crippen molar-refractivity contribution >= 4 is 21.4 Å². The van der Waals surface area contributed by atoms with Crippen LogP contribution in [0.15, 0.2) is 23.1 Å². The highest BCUT2D eigenvalue weighted by Gasteiger charge is 2.32. The molecule has 0 aliphatic heterocycles. The summed E-state index contributed by atoms with van der Waals surface area (Å²) < 4.78 is 26.0. The zero-order valence-corrected chi connectivity index (χ0v) is 12.1. The Morgan fingerprint density at radius 1 is 1.52 bits per heavy atom. The normalized spacial score (nSPS) is 11.1. The van der Waals surface area contributed by atoms with Crippen LogP contribution in [0.3, 0.4) is 0 Å². The molecule has 0 unspecified atom stereocenters. The maximum Gasteiger partial charge on any atom is 0.313 e. The van der Waals surface area contributed by atoms with Crippen LogP contribution < -0.4 is 11.3 Å². The highest BCUT2D eigenvalue weighted by atomic mass is 32.2. The molecule has 0 saturated heterocycles. The molecule has 1 rings (SSSR count). The van der Waals surface area contributed by atoms with Crippen molar-refractivity contribution in [2.75, 3.05) is 18.5 Å². The van der Waals surface area contributed by atoms with Crippen molar-refractivity contribution in [1.29, 1.82) is 5.26 Å². The summed E-state index contributed by atoms with van der Waals surface area (Å²) in [4.78, 5) is 9.89. The van der Waals surface area contributed by atoms with Crippen LogP contribution in [0.2, 0.25) is 0 Å². The molecule has 0 aliphatic carbocycles. The average molecular weight is 313 g/mol. The van der Waals surface area contributed by atoms with E-state index in [2.05, 4.69) is 5.43 Å².